The van der Waals surface area contributed by atoms with Crippen LogP contribution in [0, 0.1) is 13.8 Å². The summed E-state index contributed by atoms with van der Waals surface area (Å²) in [4.78, 5) is 8.79. The molecule has 1 aromatic heterocycles. The maximum absolute atomic E-state index is 5.64. The number of nitrogens with two attached hydrogens (primary N) is 1. The summed E-state index contributed by atoms with van der Waals surface area (Å²) in [6.45, 7) is 4.66. The van der Waals surface area contributed by atoms with E-state index in [-0.39, 0.29) is 0 Å². The lowest BCUT2D eigenvalue weighted by atomic mass is 10.3. The minimum atomic E-state index is 0.682. The lowest BCUT2D eigenvalue weighted by molar-refractivity contribution is 0.319. The van der Waals surface area contributed by atoms with Gasteiger partial charge in [0.1, 0.15) is 5.75 Å². The van der Waals surface area contributed by atoms with Crippen molar-refractivity contribution in [3.63, 3.8) is 0 Å². The van der Waals surface area contributed by atoms with E-state index in [1.807, 2.05) is 44.2 Å². The first-order chi connectivity index (χ1) is 9.63. The van der Waals surface area contributed by atoms with E-state index in [9.17, 15) is 0 Å². The highest BCUT2D eigenvalue weighted by Crippen LogP contribution is 2.16. The lowest BCUT2D eigenvalue weighted by Gasteiger charge is -2.06. The van der Waals surface area contributed by atoms with Crippen LogP contribution in [0.25, 0.3) is 0 Å². The van der Waals surface area contributed by atoms with Crippen molar-refractivity contribution < 1.29 is 4.74 Å². The predicted octanol–water partition coefficient (Wildman–Crippen LogP) is 3.24. The van der Waals surface area contributed by atoms with Crippen LogP contribution in [0.4, 0.5) is 5.69 Å². The Morgan fingerprint density at radius 2 is 1.75 bits per heavy atom. The van der Waals surface area contributed by atoms with Gasteiger partial charge in [0.05, 0.1) is 6.61 Å². The van der Waals surface area contributed by atoms with Crippen molar-refractivity contribution >= 4 is 17.4 Å². The molecule has 0 aliphatic carbocycles. The first-order valence-corrected chi connectivity index (χ1v) is 7.55. The molecule has 4 nitrogen and oxygen atoms in total. The predicted molar refractivity (Wildman–Crippen MR) is 83.2 cm³/mol. The van der Waals surface area contributed by atoms with Crippen molar-refractivity contribution in [2.75, 3.05) is 18.1 Å². The Labute approximate surface area is 123 Å². The van der Waals surface area contributed by atoms with Gasteiger partial charge in [-0.25, -0.2) is 9.97 Å². The van der Waals surface area contributed by atoms with Crippen LogP contribution in [0.15, 0.2) is 35.5 Å². The Bertz CT molecular complexity index is 537. The number of anilines is 1. The molecular formula is C15H19N3OS. The van der Waals surface area contributed by atoms with Gasteiger partial charge < -0.3 is 10.5 Å². The van der Waals surface area contributed by atoms with Crippen LogP contribution in [0.5, 0.6) is 5.75 Å². The highest BCUT2D eigenvalue weighted by atomic mass is 32.2. The van der Waals surface area contributed by atoms with Gasteiger partial charge in [0.15, 0.2) is 5.16 Å². The Balaban J connectivity index is 1.70. The van der Waals surface area contributed by atoms with Gasteiger partial charge in [-0.05, 0) is 50.6 Å². The second kappa shape index (κ2) is 7.14. The van der Waals surface area contributed by atoms with Crippen LogP contribution < -0.4 is 10.5 Å². The number of hydrogen-bond acceptors (Lipinski definition) is 5. The highest BCUT2D eigenvalue weighted by Gasteiger charge is 2.00. The molecule has 0 bridgehead atoms. The van der Waals surface area contributed by atoms with Crippen molar-refractivity contribution in [3.8, 4) is 5.75 Å². The fourth-order valence-electron chi connectivity index (χ4n) is 1.73. The number of hydrogen-bond donors (Lipinski definition) is 1. The average molecular weight is 289 g/mol. The molecule has 1 heterocycles. The number of aromatic nitrogens is 2. The average Bonchev–Trinajstić information content (AvgIpc) is 2.39. The lowest BCUT2D eigenvalue weighted by Crippen LogP contribution is -2.00. The van der Waals surface area contributed by atoms with Crippen LogP contribution >= 0.6 is 11.8 Å². The van der Waals surface area contributed by atoms with Gasteiger partial charge in [-0.3, -0.25) is 0 Å². The maximum Gasteiger partial charge on any atom is 0.187 e. The monoisotopic (exact) mass is 289 g/mol. The molecule has 1 aromatic carbocycles. The van der Waals surface area contributed by atoms with Crippen molar-refractivity contribution in [2.45, 2.75) is 25.4 Å². The molecule has 0 aliphatic rings. The number of nitrogen functional groups attached to an aromatic ring is 1. The van der Waals surface area contributed by atoms with Crippen molar-refractivity contribution in [1.29, 1.82) is 0 Å². The first-order valence-electron chi connectivity index (χ1n) is 6.57. The molecule has 2 rings (SSSR count). The molecule has 0 aliphatic heterocycles. The molecular weight excluding hydrogens is 270 g/mol. The summed E-state index contributed by atoms with van der Waals surface area (Å²) < 4.78 is 5.64. The quantitative estimate of drug-likeness (QED) is 0.383. The number of nitrogens with zero attached hydrogens (tertiary/aromatic N) is 2. The Morgan fingerprint density at radius 3 is 2.40 bits per heavy atom. The minimum Gasteiger partial charge on any atom is -0.494 e. The van der Waals surface area contributed by atoms with Gasteiger partial charge in [-0.2, -0.15) is 0 Å². The summed E-state index contributed by atoms with van der Waals surface area (Å²) >= 11 is 1.66. The van der Waals surface area contributed by atoms with Crippen molar-refractivity contribution in [1.82, 2.24) is 9.97 Å². The summed E-state index contributed by atoms with van der Waals surface area (Å²) in [6.07, 6.45) is 0.950. The summed E-state index contributed by atoms with van der Waals surface area (Å²) in [5, 5.41) is 0.843. The van der Waals surface area contributed by atoms with Crippen LogP contribution in [-0.2, 0) is 0 Å². The zero-order chi connectivity index (χ0) is 14.4. The molecule has 20 heavy (non-hydrogen) atoms. The van der Waals surface area contributed by atoms with E-state index in [0.717, 1.165) is 40.2 Å². The standard InChI is InChI=1S/C15H19N3OS/c1-11-10-12(2)18-15(17-11)20-9-3-8-19-14-6-4-13(16)5-7-14/h4-7,10H,3,8-9,16H2,1-2H3. The molecule has 0 radical (unpaired) electrons. The van der Waals surface area contributed by atoms with E-state index in [2.05, 4.69) is 9.97 Å². The molecule has 2 N–H and O–H groups in total. The summed E-state index contributed by atoms with van der Waals surface area (Å²) in [5.74, 6) is 1.80. The van der Waals surface area contributed by atoms with E-state index in [1.54, 1.807) is 11.8 Å². The number of aryl methyl sites for hydroxylation is 2. The van der Waals surface area contributed by atoms with E-state index >= 15 is 0 Å². The third-order valence-electron chi connectivity index (χ3n) is 2.63. The van der Waals surface area contributed by atoms with Crippen molar-refractivity contribution in [3.05, 3.63) is 41.7 Å². The van der Waals surface area contributed by atoms with Gasteiger partial charge in [0.25, 0.3) is 0 Å². The van der Waals surface area contributed by atoms with E-state index in [1.165, 1.54) is 0 Å². The Morgan fingerprint density at radius 1 is 1.10 bits per heavy atom. The summed E-state index contributed by atoms with van der Waals surface area (Å²) in [6, 6.07) is 9.43. The maximum atomic E-state index is 5.64. The number of ether oxygens (including phenoxy) is 1. The molecule has 0 unspecified atom stereocenters. The minimum absolute atomic E-state index is 0.682. The van der Waals surface area contributed by atoms with E-state index in [0.29, 0.717) is 6.61 Å². The summed E-state index contributed by atoms with van der Waals surface area (Å²) in [7, 11) is 0. The number of thioether (sulfide) groups is 1. The van der Waals surface area contributed by atoms with Gasteiger partial charge in [0.2, 0.25) is 0 Å². The second-order valence-electron chi connectivity index (χ2n) is 4.55. The molecule has 106 valence electrons. The van der Waals surface area contributed by atoms with Crippen LogP contribution in [0.1, 0.15) is 17.8 Å². The van der Waals surface area contributed by atoms with Gasteiger partial charge >= 0.3 is 0 Å². The number of benzene rings is 1. The van der Waals surface area contributed by atoms with Crippen LogP contribution in [0.3, 0.4) is 0 Å². The zero-order valence-electron chi connectivity index (χ0n) is 11.8. The molecule has 5 heteroatoms. The Hall–Kier alpha value is -1.75. The van der Waals surface area contributed by atoms with Gasteiger partial charge in [-0.1, -0.05) is 11.8 Å². The Kier molecular flexibility index (Phi) is 5.24. The smallest absolute Gasteiger partial charge is 0.187 e. The largest absolute Gasteiger partial charge is 0.494 e. The van der Waals surface area contributed by atoms with Gasteiger partial charge in [0, 0.05) is 22.8 Å². The first kappa shape index (κ1) is 14.7. The molecule has 2 aromatic rings. The van der Waals surface area contributed by atoms with Crippen LogP contribution in [-0.4, -0.2) is 22.3 Å². The SMILES string of the molecule is Cc1cc(C)nc(SCCCOc2ccc(N)cc2)n1. The van der Waals surface area contributed by atoms with E-state index < -0.39 is 0 Å². The fourth-order valence-corrected chi connectivity index (χ4v) is 2.60. The normalized spacial score (nSPS) is 10.5. The third kappa shape index (κ3) is 4.74. The molecule has 0 atom stereocenters. The third-order valence-corrected chi connectivity index (χ3v) is 3.56. The fraction of sp³-hybridized carbons (Fsp3) is 0.333. The molecule has 0 saturated heterocycles. The molecule has 0 spiro atoms. The topological polar surface area (TPSA) is 61.0 Å². The zero-order valence-corrected chi connectivity index (χ0v) is 12.6. The number of rotatable bonds is 6. The highest BCUT2D eigenvalue weighted by molar-refractivity contribution is 7.99. The van der Waals surface area contributed by atoms with Crippen LogP contribution in [0.2, 0.25) is 0 Å². The van der Waals surface area contributed by atoms with E-state index in [4.69, 9.17) is 10.5 Å². The van der Waals surface area contributed by atoms with Gasteiger partial charge in [-0.15, -0.1) is 0 Å². The molecule has 0 amide bonds. The molecule has 0 fully saturated rings. The molecule has 0 saturated carbocycles. The van der Waals surface area contributed by atoms with Crippen molar-refractivity contribution in [2.24, 2.45) is 0 Å². The second-order valence-corrected chi connectivity index (χ2v) is 5.61. The summed E-state index contributed by atoms with van der Waals surface area (Å²) in [5.41, 5.74) is 8.39.